The molecular weight excluding hydrogens is 414 g/mol. The maximum absolute atomic E-state index is 13.9. The molecule has 1 saturated heterocycles. The van der Waals surface area contributed by atoms with Crippen molar-refractivity contribution in [2.45, 2.75) is 45.2 Å². The number of amides is 2. The molecule has 0 bridgehead atoms. The number of aromatic nitrogens is 1. The minimum atomic E-state index is -0.366. The lowest BCUT2D eigenvalue weighted by molar-refractivity contribution is -0.137. The summed E-state index contributed by atoms with van der Waals surface area (Å²) < 4.78 is 5.32. The topological polar surface area (TPSA) is 65.6 Å². The first-order valence-corrected chi connectivity index (χ1v) is 11.9. The number of benzene rings is 2. The minimum absolute atomic E-state index is 0.0763. The van der Waals surface area contributed by atoms with Crippen LogP contribution in [0.1, 0.15) is 49.0 Å². The molecule has 2 aliphatic rings. The molecule has 6 heteroatoms. The largest absolute Gasteiger partial charge is 0.497 e. The average molecular weight is 446 g/mol. The standard InChI is InChI=1S/C27H31N3O3/c1-3-4-14-30-25(31)16-21(26(30)18-9-11-19(33-2)12-10-18)27(32)29-15-13-24-22(17-29)20-7-5-6-8-23(20)28-24/h5-12,21,26,28H,3-4,13-17H2,1-2H3. The van der Waals surface area contributed by atoms with Crippen LogP contribution in [0.15, 0.2) is 48.5 Å². The zero-order valence-corrected chi connectivity index (χ0v) is 19.3. The van der Waals surface area contributed by atoms with Gasteiger partial charge in [-0.05, 0) is 30.2 Å². The zero-order chi connectivity index (χ0) is 22.9. The number of hydrogen-bond donors (Lipinski definition) is 1. The second kappa shape index (κ2) is 8.93. The number of nitrogens with zero attached hydrogens (tertiary/aromatic N) is 2. The number of carbonyl (C=O) groups excluding carboxylic acids is 2. The number of likely N-dealkylation sites (tertiary alicyclic amines) is 1. The van der Waals surface area contributed by atoms with E-state index in [4.69, 9.17) is 4.74 Å². The van der Waals surface area contributed by atoms with Crippen molar-refractivity contribution in [3.05, 3.63) is 65.4 Å². The Morgan fingerprint density at radius 2 is 1.94 bits per heavy atom. The lowest BCUT2D eigenvalue weighted by Gasteiger charge is -2.33. The van der Waals surface area contributed by atoms with Gasteiger partial charge in [-0.25, -0.2) is 0 Å². The molecule has 0 spiro atoms. The molecule has 5 rings (SSSR count). The molecule has 2 amide bonds. The van der Waals surface area contributed by atoms with E-state index in [2.05, 4.69) is 24.0 Å². The van der Waals surface area contributed by atoms with Crippen LogP contribution >= 0.6 is 0 Å². The summed E-state index contributed by atoms with van der Waals surface area (Å²) in [6, 6.07) is 15.9. The summed E-state index contributed by atoms with van der Waals surface area (Å²) in [6.07, 6.45) is 3.02. The van der Waals surface area contributed by atoms with Gasteiger partial charge in [0.2, 0.25) is 11.8 Å². The molecule has 2 aromatic carbocycles. The van der Waals surface area contributed by atoms with Crippen molar-refractivity contribution in [2.24, 2.45) is 5.92 Å². The number of carbonyl (C=O) groups is 2. The predicted molar refractivity (Wildman–Crippen MR) is 128 cm³/mol. The molecule has 0 radical (unpaired) electrons. The molecule has 1 fully saturated rings. The van der Waals surface area contributed by atoms with Crippen LogP contribution in [0, 0.1) is 5.92 Å². The van der Waals surface area contributed by atoms with Gasteiger partial charge in [0.25, 0.3) is 0 Å². The summed E-state index contributed by atoms with van der Waals surface area (Å²) in [5, 5.41) is 1.18. The fraction of sp³-hybridized carbons (Fsp3) is 0.407. The van der Waals surface area contributed by atoms with Crippen molar-refractivity contribution in [3.63, 3.8) is 0 Å². The number of rotatable bonds is 6. The Morgan fingerprint density at radius 3 is 2.70 bits per heavy atom. The van der Waals surface area contributed by atoms with E-state index < -0.39 is 0 Å². The number of ether oxygens (including phenoxy) is 1. The fourth-order valence-electron chi connectivity index (χ4n) is 5.41. The Labute approximate surface area is 194 Å². The van der Waals surface area contributed by atoms with Crippen LogP contribution in [0.4, 0.5) is 0 Å². The third kappa shape index (κ3) is 3.88. The smallest absolute Gasteiger partial charge is 0.228 e. The highest BCUT2D eigenvalue weighted by molar-refractivity contribution is 5.91. The van der Waals surface area contributed by atoms with Gasteiger partial charge in [-0.1, -0.05) is 43.7 Å². The van der Waals surface area contributed by atoms with Crippen LogP contribution in [0.2, 0.25) is 0 Å². The van der Waals surface area contributed by atoms with Crippen LogP contribution in [-0.2, 0) is 22.6 Å². The summed E-state index contributed by atoms with van der Waals surface area (Å²) in [5.41, 5.74) is 4.55. The van der Waals surface area contributed by atoms with E-state index in [0.29, 0.717) is 19.6 Å². The van der Waals surface area contributed by atoms with E-state index in [9.17, 15) is 9.59 Å². The number of fused-ring (bicyclic) bond motifs is 3. The van der Waals surface area contributed by atoms with Crippen LogP contribution in [0.5, 0.6) is 5.75 Å². The molecular formula is C27H31N3O3. The molecule has 6 nitrogen and oxygen atoms in total. The summed E-state index contributed by atoms with van der Waals surface area (Å²) >= 11 is 0. The number of methoxy groups -OCH3 is 1. The molecule has 3 aromatic rings. The first kappa shape index (κ1) is 21.6. The van der Waals surface area contributed by atoms with Crippen molar-refractivity contribution in [1.82, 2.24) is 14.8 Å². The number of unbranched alkanes of at least 4 members (excludes halogenated alkanes) is 1. The van der Waals surface area contributed by atoms with Crippen molar-refractivity contribution in [3.8, 4) is 5.75 Å². The Kier molecular flexibility index (Phi) is 5.83. The maximum atomic E-state index is 13.9. The Balaban J connectivity index is 1.44. The number of hydrogen-bond acceptors (Lipinski definition) is 3. The quantitative estimate of drug-likeness (QED) is 0.610. The molecule has 3 heterocycles. The molecule has 33 heavy (non-hydrogen) atoms. The Bertz CT molecular complexity index is 1170. The van der Waals surface area contributed by atoms with Gasteiger partial charge in [-0.2, -0.15) is 0 Å². The van der Waals surface area contributed by atoms with E-state index in [1.165, 1.54) is 16.6 Å². The molecule has 0 saturated carbocycles. The molecule has 2 unspecified atom stereocenters. The monoisotopic (exact) mass is 445 g/mol. The first-order chi connectivity index (χ1) is 16.1. The van der Waals surface area contributed by atoms with E-state index in [0.717, 1.165) is 36.1 Å². The highest BCUT2D eigenvalue weighted by Gasteiger charge is 2.46. The first-order valence-electron chi connectivity index (χ1n) is 11.9. The van der Waals surface area contributed by atoms with Gasteiger partial charge < -0.3 is 19.5 Å². The molecule has 1 N–H and O–H groups in total. The Morgan fingerprint density at radius 1 is 1.15 bits per heavy atom. The summed E-state index contributed by atoms with van der Waals surface area (Å²) in [7, 11) is 1.64. The van der Waals surface area contributed by atoms with Gasteiger partial charge in [0.05, 0.1) is 19.1 Å². The molecule has 2 aliphatic heterocycles. The highest BCUT2D eigenvalue weighted by Crippen LogP contribution is 2.41. The van der Waals surface area contributed by atoms with Gasteiger partial charge in [0.15, 0.2) is 0 Å². The minimum Gasteiger partial charge on any atom is -0.497 e. The summed E-state index contributed by atoms with van der Waals surface area (Å²) in [6.45, 7) is 4.07. The summed E-state index contributed by atoms with van der Waals surface area (Å²) in [5.74, 6) is 0.565. The third-order valence-corrected chi connectivity index (χ3v) is 7.15. The molecule has 172 valence electrons. The van der Waals surface area contributed by atoms with Gasteiger partial charge >= 0.3 is 0 Å². The average Bonchev–Trinajstić information content (AvgIpc) is 3.39. The lowest BCUT2D eigenvalue weighted by atomic mass is 9.91. The predicted octanol–water partition coefficient (Wildman–Crippen LogP) is 4.45. The van der Waals surface area contributed by atoms with Crippen LogP contribution in [0.25, 0.3) is 10.9 Å². The van der Waals surface area contributed by atoms with Crippen LogP contribution in [-0.4, -0.2) is 46.8 Å². The molecule has 1 aromatic heterocycles. The number of nitrogens with one attached hydrogen (secondary N) is 1. The van der Waals surface area contributed by atoms with Crippen molar-refractivity contribution in [1.29, 1.82) is 0 Å². The van der Waals surface area contributed by atoms with E-state index in [-0.39, 0.29) is 30.2 Å². The van der Waals surface area contributed by atoms with Gasteiger partial charge in [-0.3, -0.25) is 9.59 Å². The number of para-hydroxylation sites is 1. The van der Waals surface area contributed by atoms with Gasteiger partial charge in [-0.15, -0.1) is 0 Å². The highest BCUT2D eigenvalue weighted by atomic mass is 16.5. The van der Waals surface area contributed by atoms with Crippen LogP contribution < -0.4 is 4.74 Å². The van der Waals surface area contributed by atoms with Crippen molar-refractivity contribution < 1.29 is 14.3 Å². The van der Waals surface area contributed by atoms with Crippen LogP contribution in [0.3, 0.4) is 0 Å². The van der Waals surface area contributed by atoms with E-state index in [1.807, 2.05) is 46.2 Å². The number of aromatic amines is 1. The normalized spacial score (nSPS) is 20.4. The fourth-order valence-corrected chi connectivity index (χ4v) is 5.41. The zero-order valence-electron chi connectivity index (χ0n) is 19.3. The van der Waals surface area contributed by atoms with Crippen molar-refractivity contribution >= 4 is 22.7 Å². The van der Waals surface area contributed by atoms with E-state index in [1.54, 1.807) is 7.11 Å². The Hall–Kier alpha value is -3.28. The second-order valence-corrected chi connectivity index (χ2v) is 9.11. The summed E-state index contributed by atoms with van der Waals surface area (Å²) in [4.78, 5) is 34.3. The second-order valence-electron chi connectivity index (χ2n) is 9.11. The lowest BCUT2D eigenvalue weighted by Crippen LogP contribution is -2.41. The molecule has 2 atom stereocenters. The SMILES string of the molecule is CCCCN1C(=O)CC(C(=O)N2CCc3[nH]c4ccccc4c3C2)C1c1ccc(OC)cc1. The van der Waals surface area contributed by atoms with Gasteiger partial charge in [0, 0.05) is 54.6 Å². The third-order valence-electron chi connectivity index (χ3n) is 7.15. The maximum Gasteiger partial charge on any atom is 0.228 e. The number of H-pyrrole nitrogens is 1. The van der Waals surface area contributed by atoms with Gasteiger partial charge in [0.1, 0.15) is 5.75 Å². The van der Waals surface area contributed by atoms with Crippen molar-refractivity contribution in [2.75, 3.05) is 20.2 Å². The molecule has 0 aliphatic carbocycles. The van der Waals surface area contributed by atoms with E-state index >= 15 is 0 Å².